The molecule has 80 valence electrons. The molecular formula is C12H22N2. The van der Waals surface area contributed by atoms with Gasteiger partial charge in [0.15, 0.2) is 0 Å². The Morgan fingerprint density at radius 1 is 1.21 bits per heavy atom. The second-order valence-electron chi connectivity index (χ2n) is 4.10. The summed E-state index contributed by atoms with van der Waals surface area (Å²) in [4.78, 5) is 6.97. The Hall–Kier alpha value is -0.790. The summed E-state index contributed by atoms with van der Waals surface area (Å²) in [6.07, 6.45) is 6.22. The second-order valence-corrected chi connectivity index (χ2v) is 4.10. The van der Waals surface area contributed by atoms with Crippen LogP contribution in [0.3, 0.4) is 0 Å². The minimum absolute atomic E-state index is 0.885. The molecule has 0 radical (unpaired) electrons. The van der Waals surface area contributed by atoms with Gasteiger partial charge in [0.05, 0.1) is 0 Å². The first-order valence-corrected chi connectivity index (χ1v) is 5.68. The van der Waals surface area contributed by atoms with E-state index in [0.29, 0.717) is 0 Å². The maximum absolute atomic E-state index is 4.55. The monoisotopic (exact) mass is 194 g/mol. The van der Waals surface area contributed by atoms with Crippen LogP contribution in [-0.2, 0) is 0 Å². The summed E-state index contributed by atoms with van der Waals surface area (Å²) >= 11 is 0. The molecule has 0 aromatic carbocycles. The van der Waals surface area contributed by atoms with Crippen LogP contribution in [0.4, 0.5) is 0 Å². The Bertz CT molecular complexity index is 218. The minimum atomic E-state index is 0.885. The van der Waals surface area contributed by atoms with Gasteiger partial charge in [-0.3, -0.25) is 4.99 Å². The molecule has 2 nitrogen and oxygen atoms in total. The first-order valence-electron chi connectivity index (χ1n) is 5.68. The highest BCUT2D eigenvalue weighted by Gasteiger charge is 2.12. The molecule has 0 aliphatic carbocycles. The average molecular weight is 194 g/mol. The van der Waals surface area contributed by atoms with Crippen molar-refractivity contribution < 1.29 is 0 Å². The normalized spacial score (nSPS) is 18.2. The molecule has 0 spiro atoms. The van der Waals surface area contributed by atoms with Gasteiger partial charge < -0.3 is 4.90 Å². The van der Waals surface area contributed by atoms with E-state index in [4.69, 9.17) is 0 Å². The van der Waals surface area contributed by atoms with Gasteiger partial charge in [0, 0.05) is 19.6 Å². The molecule has 1 aliphatic rings. The molecule has 0 unspecified atom stereocenters. The first kappa shape index (κ1) is 11.3. The average Bonchev–Trinajstić information content (AvgIpc) is 2.18. The highest BCUT2D eigenvalue weighted by molar-refractivity contribution is 5.93. The molecule has 0 bridgehead atoms. The van der Waals surface area contributed by atoms with Crippen molar-refractivity contribution in [1.82, 2.24) is 4.90 Å². The van der Waals surface area contributed by atoms with E-state index < -0.39 is 0 Å². The van der Waals surface area contributed by atoms with E-state index in [2.05, 4.69) is 36.7 Å². The van der Waals surface area contributed by atoms with Crippen LogP contribution in [0.2, 0.25) is 0 Å². The summed E-state index contributed by atoms with van der Waals surface area (Å²) in [5.74, 6) is 1.19. The quantitative estimate of drug-likeness (QED) is 0.487. The van der Waals surface area contributed by atoms with Gasteiger partial charge in [0.25, 0.3) is 0 Å². The lowest BCUT2D eigenvalue weighted by atomic mass is 10.1. The Balaban J connectivity index is 2.66. The van der Waals surface area contributed by atoms with E-state index in [1.807, 2.05) is 0 Å². The lowest BCUT2D eigenvalue weighted by Crippen LogP contribution is -2.34. The van der Waals surface area contributed by atoms with Gasteiger partial charge in [0.2, 0.25) is 0 Å². The Kier molecular flexibility index (Phi) is 4.71. The molecule has 1 heterocycles. The molecule has 1 saturated heterocycles. The maximum Gasteiger partial charge on any atom is 0.123 e. The third-order valence-electron chi connectivity index (χ3n) is 2.42. The number of allylic oxidation sites excluding steroid dienone is 1. The molecule has 1 rings (SSSR count). The molecule has 1 fully saturated rings. The van der Waals surface area contributed by atoms with Crippen LogP contribution in [-0.4, -0.2) is 30.4 Å². The summed E-state index contributed by atoms with van der Waals surface area (Å²) in [5.41, 5.74) is 1.34. The summed E-state index contributed by atoms with van der Waals surface area (Å²) < 4.78 is 0. The van der Waals surface area contributed by atoms with Crippen LogP contribution >= 0.6 is 0 Å². The van der Waals surface area contributed by atoms with Crippen molar-refractivity contribution in [1.29, 1.82) is 0 Å². The topological polar surface area (TPSA) is 15.6 Å². The van der Waals surface area contributed by atoms with E-state index in [1.54, 1.807) is 0 Å². The van der Waals surface area contributed by atoms with Crippen LogP contribution in [0.5, 0.6) is 0 Å². The number of nitrogens with zero attached hydrogens (tertiary/aromatic N) is 2. The number of rotatable bonds is 2. The van der Waals surface area contributed by atoms with Gasteiger partial charge in [-0.25, -0.2) is 0 Å². The summed E-state index contributed by atoms with van der Waals surface area (Å²) in [6.45, 7) is 9.62. The van der Waals surface area contributed by atoms with Crippen molar-refractivity contribution in [3.63, 3.8) is 0 Å². The van der Waals surface area contributed by atoms with E-state index in [-0.39, 0.29) is 0 Å². The summed E-state index contributed by atoms with van der Waals surface area (Å²) in [6, 6.07) is 0. The van der Waals surface area contributed by atoms with Crippen molar-refractivity contribution in [2.75, 3.05) is 19.6 Å². The van der Waals surface area contributed by atoms with Gasteiger partial charge >= 0.3 is 0 Å². The molecule has 0 N–H and O–H groups in total. The van der Waals surface area contributed by atoms with Crippen LogP contribution in [0.1, 0.15) is 40.0 Å². The van der Waals surface area contributed by atoms with Crippen LogP contribution < -0.4 is 0 Å². The first-order chi connectivity index (χ1) is 6.74. The standard InChI is InChI=1S/C12H22N2/c1-4-13-12(10-11(2)3)14-8-6-5-7-9-14/h10H,4-9H2,1-3H3. The third-order valence-corrected chi connectivity index (χ3v) is 2.42. The predicted octanol–water partition coefficient (Wildman–Crippen LogP) is 2.86. The fourth-order valence-electron chi connectivity index (χ4n) is 1.78. The van der Waals surface area contributed by atoms with Crippen LogP contribution in [0, 0.1) is 0 Å². The molecule has 1 aliphatic heterocycles. The summed E-state index contributed by atoms with van der Waals surface area (Å²) in [5, 5.41) is 0. The minimum Gasteiger partial charge on any atom is -0.357 e. The molecule has 0 amide bonds. The zero-order valence-electron chi connectivity index (χ0n) is 9.71. The van der Waals surface area contributed by atoms with Crippen LogP contribution in [0.15, 0.2) is 16.6 Å². The molecule has 0 atom stereocenters. The van der Waals surface area contributed by atoms with Crippen molar-refractivity contribution in [3.05, 3.63) is 11.6 Å². The number of hydrogen-bond acceptors (Lipinski definition) is 1. The Labute approximate surface area is 87.7 Å². The maximum atomic E-state index is 4.55. The lowest BCUT2D eigenvalue weighted by molar-refractivity contribution is 0.343. The Morgan fingerprint density at radius 3 is 2.36 bits per heavy atom. The van der Waals surface area contributed by atoms with Crippen molar-refractivity contribution in [2.24, 2.45) is 4.99 Å². The SMILES string of the molecule is CCN=C(C=C(C)C)N1CCCCC1. The van der Waals surface area contributed by atoms with Crippen LogP contribution in [0.25, 0.3) is 0 Å². The van der Waals surface area contributed by atoms with Gasteiger partial charge in [-0.2, -0.15) is 0 Å². The van der Waals surface area contributed by atoms with Gasteiger partial charge in [-0.05, 0) is 46.1 Å². The number of aliphatic imine (C=N–C) groups is 1. The fourth-order valence-corrected chi connectivity index (χ4v) is 1.78. The van der Waals surface area contributed by atoms with Crippen molar-refractivity contribution in [3.8, 4) is 0 Å². The van der Waals surface area contributed by atoms with E-state index in [9.17, 15) is 0 Å². The second kappa shape index (κ2) is 5.84. The highest BCUT2D eigenvalue weighted by atomic mass is 15.2. The zero-order chi connectivity index (χ0) is 10.4. The van der Waals surface area contributed by atoms with E-state index in [0.717, 1.165) is 6.54 Å². The van der Waals surface area contributed by atoms with E-state index >= 15 is 0 Å². The molecule has 0 saturated carbocycles. The zero-order valence-corrected chi connectivity index (χ0v) is 9.71. The molecule has 0 aromatic rings. The number of piperidine rings is 1. The molecule has 0 aromatic heterocycles. The van der Waals surface area contributed by atoms with Gasteiger partial charge in [-0.15, -0.1) is 0 Å². The Morgan fingerprint density at radius 2 is 1.86 bits per heavy atom. The third kappa shape index (κ3) is 3.52. The van der Waals surface area contributed by atoms with Crippen molar-refractivity contribution in [2.45, 2.75) is 40.0 Å². The molecule has 2 heteroatoms. The van der Waals surface area contributed by atoms with E-state index in [1.165, 1.54) is 43.8 Å². The fraction of sp³-hybridized carbons (Fsp3) is 0.750. The lowest BCUT2D eigenvalue weighted by Gasteiger charge is -2.28. The summed E-state index contributed by atoms with van der Waals surface area (Å²) in [7, 11) is 0. The van der Waals surface area contributed by atoms with Gasteiger partial charge in [0.1, 0.15) is 5.84 Å². The number of likely N-dealkylation sites (tertiary alicyclic amines) is 1. The number of amidine groups is 1. The van der Waals surface area contributed by atoms with Crippen molar-refractivity contribution >= 4 is 5.84 Å². The number of hydrogen-bond donors (Lipinski definition) is 0. The molecule has 14 heavy (non-hydrogen) atoms. The molecular weight excluding hydrogens is 172 g/mol. The van der Waals surface area contributed by atoms with Gasteiger partial charge in [-0.1, -0.05) is 5.57 Å². The highest BCUT2D eigenvalue weighted by Crippen LogP contribution is 2.10. The largest absolute Gasteiger partial charge is 0.357 e. The smallest absolute Gasteiger partial charge is 0.123 e. The predicted molar refractivity (Wildman–Crippen MR) is 62.8 cm³/mol.